The van der Waals surface area contributed by atoms with E-state index in [-0.39, 0.29) is 23.1 Å². The Bertz CT molecular complexity index is 496. The number of nitrogens with zero attached hydrogens (tertiary/aromatic N) is 3. The van der Waals surface area contributed by atoms with E-state index in [2.05, 4.69) is 4.98 Å². The predicted molar refractivity (Wildman–Crippen MR) is 66.5 cm³/mol. The molecule has 1 unspecified atom stereocenters. The third kappa shape index (κ3) is 1.58. The Labute approximate surface area is 109 Å². The number of fused-ring (bicyclic) bond motifs is 1. The van der Waals surface area contributed by atoms with Crippen LogP contribution in [0.25, 0.3) is 0 Å². The number of halogens is 1. The van der Waals surface area contributed by atoms with E-state index in [4.69, 9.17) is 11.6 Å². The first kappa shape index (κ1) is 11.5. The lowest BCUT2D eigenvalue weighted by molar-refractivity contribution is -0.120. The molecule has 6 heteroatoms. The van der Waals surface area contributed by atoms with Crippen LogP contribution in [0.3, 0.4) is 0 Å². The van der Waals surface area contributed by atoms with Crippen molar-refractivity contribution in [3.05, 3.63) is 23.5 Å². The van der Waals surface area contributed by atoms with Gasteiger partial charge in [-0.1, -0.05) is 11.6 Å². The van der Waals surface area contributed by atoms with Crippen LogP contribution in [0.5, 0.6) is 0 Å². The van der Waals surface area contributed by atoms with Gasteiger partial charge in [0.15, 0.2) is 5.15 Å². The lowest BCUT2D eigenvalue weighted by atomic mass is 10.0. The van der Waals surface area contributed by atoms with Crippen molar-refractivity contribution in [1.82, 2.24) is 9.88 Å². The smallest absolute Gasteiger partial charge is 0.312 e. The highest BCUT2D eigenvalue weighted by Crippen LogP contribution is 2.33. The maximum Gasteiger partial charge on any atom is 0.332 e. The molecule has 2 aliphatic heterocycles. The Morgan fingerprint density at radius 3 is 2.89 bits per heavy atom. The van der Waals surface area contributed by atoms with Crippen molar-refractivity contribution >= 4 is 29.2 Å². The number of hydrogen-bond donors (Lipinski definition) is 0. The summed E-state index contributed by atoms with van der Waals surface area (Å²) in [6.45, 7) is 0.642. The second kappa shape index (κ2) is 4.24. The number of rotatable bonds is 1. The topological polar surface area (TPSA) is 53.5 Å². The van der Waals surface area contributed by atoms with Gasteiger partial charge in [-0.3, -0.25) is 4.79 Å². The Kier molecular flexibility index (Phi) is 2.70. The van der Waals surface area contributed by atoms with Crippen LogP contribution in [0.1, 0.15) is 19.3 Å². The minimum atomic E-state index is -0.317. The molecule has 0 N–H and O–H groups in total. The summed E-state index contributed by atoms with van der Waals surface area (Å²) in [4.78, 5) is 31.2. The molecular weight excluding hydrogens is 254 g/mol. The molecule has 94 valence electrons. The molecule has 0 bridgehead atoms. The summed E-state index contributed by atoms with van der Waals surface area (Å²) in [5.41, 5.74) is 0.378. The van der Waals surface area contributed by atoms with E-state index in [1.807, 2.05) is 0 Å². The summed E-state index contributed by atoms with van der Waals surface area (Å²) in [6, 6.07) is 2.71. The molecule has 1 atom stereocenters. The number of amides is 3. The summed E-state index contributed by atoms with van der Waals surface area (Å²) >= 11 is 5.96. The van der Waals surface area contributed by atoms with Crippen LogP contribution in [-0.2, 0) is 4.79 Å². The second-order valence-corrected chi connectivity index (χ2v) is 4.83. The molecule has 2 fully saturated rings. The number of imide groups is 1. The van der Waals surface area contributed by atoms with Gasteiger partial charge in [0.2, 0.25) is 0 Å². The SMILES string of the molecule is O=C1C2CCCCN2C(=O)N1c1cccnc1Cl. The molecule has 2 saturated heterocycles. The molecule has 2 aliphatic rings. The van der Waals surface area contributed by atoms with Gasteiger partial charge in [-0.05, 0) is 31.4 Å². The van der Waals surface area contributed by atoms with Gasteiger partial charge in [0.1, 0.15) is 6.04 Å². The zero-order valence-corrected chi connectivity index (χ0v) is 10.4. The summed E-state index contributed by atoms with van der Waals surface area (Å²) in [5.74, 6) is -0.186. The number of aromatic nitrogens is 1. The van der Waals surface area contributed by atoms with Crippen LogP contribution in [0, 0.1) is 0 Å². The van der Waals surface area contributed by atoms with Crippen LogP contribution in [0.2, 0.25) is 5.15 Å². The fourth-order valence-corrected chi connectivity index (χ4v) is 2.76. The molecule has 18 heavy (non-hydrogen) atoms. The van der Waals surface area contributed by atoms with E-state index in [1.54, 1.807) is 17.0 Å². The van der Waals surface area contributed by atoms with E-state index in [1.165, 1.54) is 6.20 Å². The van der Waals surface area contributed by atoms with Crippen molar-refractivity contribution in [2.75, 3.05) is 11.4 Å². The normalized spacial score (nSPS) is 23.5. The molecule has 1 aromatic rings. The zero-order valence-electron chi connectivity index (χ0n) is 9.67. The fourth-order valence-electron chi connectivity index (χ4n) is 2.56. The number of pyridine rings is 1. The summed E-state index contributed by atoms with van der Waals surface area (Å²) < 4.78 is 0. The van der Waals surface area contributed by atoms with Crippen LogP contribution in [0.15, 0.2) is 18.3 Å². The largest absolute Gasteiger partial charge is 0.332 e. The molecule has 0 spiro atoms. The first-order chi connectivity index (χ1) is 8.70. The fraction of sp³-hybridized carbons (Fsp3) is 0.417. The molecule has 0 aliphatic carbocycles. The quantitative estimate of drug-likeness (QED) is 0.577. The number of carbonyl (C=O) groups is 2. The third-order valence-electron chi connectivity index (χ3n) is 3.43. The van der Waals surface area contributed by atoms with Gasteiger partial charge in [-0.15, -0.1) is 0 Å². The molecule has 0 radical (unpaired) electrons. The first-order valence-electron chi connectivity index (χ1n) is 5.95. The summed E-state index contributed by atoms with van der Waals surface area (Å²) in [6.07, 6.45) is 4.20. The van der Waals surface area contributed by atoms with E-state index in [0.717, 1.165) is 24.2 Å². The van der Waals surface area contributed by atoms with Crippen molar-refractivity contribution in [2.45, 2.75) is 25.3 Å². The van der Waals surface area contributed by atoms with E-state index in [0.29, 0.717) is 12.2 Å². The highest BCUT2D eigenvalue weighted by Gasteiger charge is 2.47. The number of carbonyl (C=O) groups excluding carboxylic acids is 2. The summed E-state index contributed by atoms with van der Waals surface area (Å²) in [5, 5.41) is 0.180. The molecule has 5 nitrogen and oxygen atoms in total. The van der Waals surface area contributed by atoms with Gasteiger partial charge in [0.25, 0.3) is 5.91 Å². The van der Waals surface area contributed by atoms with Crippen molar-refractivity contribution < 1.29 is 9.59 Å². The standard InChI is InChI=1S/C12H12ClN3O2/c13-10-8(5-3-6-14-10)16-11(17)9-4-1-2-7-15(9)12(16)18/h3,5-6,9H,1-2,4,7H2. The molecule has 0 aromatic carbocycles. The molecule has 3 rings (SSSR count). The van der Waals surface area contributed by atoms with Crippen molar-refractivity contribution in [3.8, 4) is 0 Å². The van der Waals surface area contributed by atoms with Crippen molar-refractivity contribution in [1.29, 1.82) is 0 Å². The monoisotopic (exact) mass is 265 g/mol. The maximum atomic E-state index is 12.3. The Hall–Kier alpha value is -1.62. The van der Waals surface area contributed by atoms with Crippen LogP contribution in [0.4, 0.5) is 10.5 Å². The summed E-state index contributed by atoms with van der Waals surface area (Å²) in [7, 11) is 0. The number of piperidine rings is 1. The zero-order chi connectivity index (χ0) is 12.7. The maximum absolute atomic E-state index is 12.3. The number of hydrogen-bond acceptors (Lipinski definition) is 3. The van der Waals surface area contributed by atoms with Crippen molar-refractivity contribution in [3.63, 3.8) is 0 Å². The molecule has 1 aromatic heterocycles. The molecular formula is C12H12ClN3O2. The van der Waals surface area contributed by atoms with Gasteiger partial charge in [0, 0.05) is 12.7 Å². The van der Waals surface area contributed by atoms with Gasteiger partial charge < -0.3 is 4.90 Å². The van der Waals surface area contributed by atoms with E-state index in [9.17, 15) is 9.59 Å². The van der Waals surface area contributed by atoms with Gasteiger partial charge in [-0.25, -0.2) is 14.7 Å². The molecule has 0 saturated carbocycles. The second-order valence-electron chi connectivity index (χ2n) is 4.47. The van der Waals surface area contributed by atoms with Gasteiger partial charge >= 0.3 is 6.03 Å². The average molecular weight is 266 g/mol. The average Bonchev–Trinajstić information content (AvgIpc) is 2.64. The molecule has 3 amide bonds. The third-order valence-corrected chi connectivity index (χ3v) is 3.72. The van der Waals surface area contributed by atoms with E-state index >= 15 is 0 Å². The Balaban J connectivity index is 2.00. The van der Waals surface area contributed by atoms with Crippen LogP contribution in [-0.4, -0.2) is 34.4 Å². The van der Waals surface area contributed by atoms with Crippen LogP contribution >= 0.6 is 11.6 Å². The highest BCUT2D eigenvalue weighted by molar-refractivity contribution is 6.34. The Morgan fingerprint density at radius 2 is 2.17 bits per heavy atom. The van der Waals surface area contributed by atoms with Crippen molar-refractivity contribution in [2.24, 2.45) is 0 Å². The minimum absolute atomic E-state index is 0.180. The minimum Gasteiger partial charge on any atom is -0.312 e. The lowest BCUT2D eigenvalue weighted by Crippen LogP contribution is -2.39. The van der Waals surface area contributed by atoms with Gasteiger partial charge in [-0.2, -0.15) is 0 Å². The highest BCUT2D eigenvalue weighted by atomic mass is 35.5. The van der Waals surface area contributed by atoms with Gasteiger partial charge in [0.05, 0.1) is 5.69 Å². The number of urea groups is 1. The van der Waals surface area contributed by atoms with E-state index < -0.39 is 0 Å². The number of anilines is 1. The first-order valence-corrected chi connectivity index (χ1v) is 6.33. The molecule has 3 heterocycles. The lowest BCUT2D eigenvalue weighted by Gasteiger charge is -2.25. The Morgan fingerprint density at radius 1 is 1.33 bits per heavy atom. The van der Waals surface area contributed by atoms with Crippen LogP contribution < -0.4 is 4.90 Å². The predicted octanol–water partition coefficient (Wildman–Crippen LogP) is 2.06.